The third-order valence-electron chi connectivity index (χ3n) is 14.3. The summed E-state index contributed by atoms with van der Waals surface area (Å²) in [5.41, 5.74) is 11.1. The smallest absolute Gasteiger partial charge is 0.407 e. The lowest BCUT2D eigenvalue weighted by Gasteiger charge is -2.27. The van der Waals surface area contributed by atoms with Crippen molar-refractivity contribution in [2.24, 2.45) is 11.7 Å². The molecule has 9 amide bonds. The molecule has 0 aliphatic carbocycles. The molecule has 0 saturated heterocycles. The number of aromatic amines is 1. The van der Waals surface area contributed by atoms with Crippen molar-refractivity contribution in [2.75, 3.05) is 84.4 Å². The SMILES string of the molecule is Cc1cccc(-c2[nH]c(Cc3ccccc3F)nc2-c2ccc3ncc(OCCNC(=O)OCc4ccc(NC(=O)[C@H](CCCNC(N)=O)NC(=O)[C@@H](NC(=O)[C@H](CCC(=O)O)NC(=O)CCOCCOCCOCCOCCN5C(=O)C=CC5=O)C(C)C)cc4)nc3c2)n1. The van der Waals surface area contributed by atoms with Gasteiger partial charge >= 0.3 is 18.1 Å². The van der Waals surface area contributed by atoms with E-state index >= 15 is 0 Å². The summed E-state index contributed by atoms with van der Waals surface area (Å²) < 4.78 is 47.7. The fraction of sp³-hybridized carbons (Fsp3) is 0.400. The zero-order valence-corrected chi connectivity index (χ0v) is 52.8. The highest BCUT2D eigenvalue weighted by molar-refractivity contribution is 6.12. The molecule has 7 rings (SSSR count). The molecule has 1 aliphatic heterocycles. The molecule has 3 aromatic carbocycles. The number of carboxylic acids is 1. The zero-order valence-electron chi connectivity index (χ0n) is 52.8. The van der Waals surface area contributed by atoms with E-state index in [-0.39, 0.29) is 141 Å². The highest BCUT2D eigenvalue weighted by Gasteiger charge is 2.32. The van der Waals surface area contributed by atoms with Crippen LogP contribution in [0.4, 0.5) is 19.7 Å². The molecule has 6 aromatic rings. The Morgan fingerprint density at radius 2 is 1.39 bits per heavy atom. The third-order valence-corrected chi connectivity index (χ3v) is 14.3. The number of rotatable bonds is 40. The number of anilines is 1. The summed E-state index contributed by atoms with van der Waals surface area (Å²) in [4.78, 5) is 136. The van der Waals surface area contributed by atoms with Gasteiger partial charge in [0.2, 0.25) is 29.5 Å². The van der Waals surface area contributed by atoms with Crippen LogP contribution < -0.4 is 42.4 Å². The van der Waals surface area contributed by atoms with Crippen molar-refractivity contribution in [3.8, 4) is 28.5 Å². The van der Waals surface area contributed by atoms with E-state index in [1.165, 1.54) is 24.4 Å². The standard InChI is InChI=1S/C65H78FN13O16/c1-40(2)58(78-62(86)50(19-22-57(83)84)73-53(80)23-27-90-30-32-92-34-35-93-33-31-91-29-26-79-55(81)20-21-56(79)82)63(87)75-49(12-7-24-68-64(67)88)61(85)72-45-16-13-42(14-17-45)39-95-65(89)69-25-28-94-54-38-70-47-18-15-44(36-51(47)74-54)59-60(48-11-6-8-41(3)71-48)77-52(76-59)37-43-9-4-5-10-46(43)66/h4-6,8-11,13-18,20-21,36,38,40,49-50,58H,7,12,19,22-35,37,39H2,1-3H3,(H,69,89)(H,72,85)(H,73,80)(H,75,87)(H,76,77)(H,78,86)(H,83,84)(H3,67,68,88)/t49-,50-,58-/m0/s1. The average Bonchev–Trinajstić information content (AvgIpc) is 1.67. The summed E-state index contributed by atoms with van der Waals surface area (Å²) in [7, 11) is 0. The zero-order chi connectivity index (χ0) is 68.1. The van der Waals surface area contributed by atoms with Gasteiger partial charge in [-0.25, -0.2) is 28.9 Å². The lowest BCUT2D eigenvalue weighted by Crippen LogP contribution is -2.58. The molecule has 0 unspecified atom stereocenters. The van der Waals surface area contributed by atoms with E-state index in [2.05, 4.69) is 46.9 Å². The maximum Gasteiger partial charge on any atom is 0.407 e. The molecule has 10 N–H and O–H groups in total. The normalized spacial score (nSPS) is 12.9. The lowest BCUT2D eigenvalue weighted by molar-refractivity contribution is -0.139. The number of nitrogens with zero attached hydrogens (tertiary/aromatic N) is 5. The second-order valence-corrected chi connectivity index (χ2v) is 21.9. The Kier molecular flexibility index (Phi) is 28.4. The number of carbonyl (C=O) groups excluding carboxylic acids is 8. The van der Waals surface area contributed by atoms with E-state index in [1.807, 2.05) is 43.3 Å². The number of hydrogen-bond acceptors (Lipinski definition) is 19. The molecule has 1 aliphatic rings. The van der Waals surface area contributed by atoms with Gasteiger partial charge in [-0.05, 0) is 85.7 Å². The van der Waals surface area contributed by atoms with Crippen molar-refractivity contribution < 1.29 is 81.1 Å². The highest BCUT2D eigenvalue weighted by atomic mass is 19.1. The van der Waals surface area contributed by atoms with E-state index in [0.717, 1.165) is 10.6 Å². The summed E-state index contributed by atoms with van der Waals surface area (Å²) >= 11 is 0. The molecule has 30 heteroatoms. The molecular weight excluding hydrogens is 1240 g/mol. The predicted molar refractivity (Wildman–Crippen MR) is 341 cm³/mol. The van der Waals surface area contributed by atoms with Crippen molar-refractivity contribution in [3.05, 3.63) is 132 Å². The molecule has 0 radical (unpaired) electrons. The number of carboxylic acid groups (broad SMARTS) is 1. The number of fused-ring (bicyclic) bond motifs is 1. The molecule has 506 valence electrons. The molecule has 3 aromatic heterocycles. The van der Waals surface area contributed by atoms with E-state index in [4.69, 9.17) is 44.1 Å². The van der Waals surface area contributed by atoms with Gasteiger partial charge in [0.05, 0.1) is 100 Å². The van der Waals surface area contributed by atoms with E-state index in [9.17, 15) is 52.6 Å². The van der Waals surface area contributed by atoms with Crippen molar-refractivity contribution in [1.29, 1.82) is 0 Å². The number of alkyl carbamates (subject to hydrolysis) is 1. The number of aromatic nitrogens is 5. The maximum atomic E-state index is 14.7. The Balaban J connectivity index is 0.831. The Bertz CT molecular complexity index is 3630. The number of pyridine rings is 1. The fourth-order valence-corrected chi connectivity index (χ4v) is 9.41. The largest absolute Gasteiger partial charge is 0.481 e. The van der Waals surface area contributed by atoms with Gasteiger partial charge in [0.25, 0.3) is 11.8 Å². The van der Waals surface area contributed by atoms with Crippen molar-refractivity contribution >= 4 is 70.3 Å². The predicted octanol–water partition coefficient (Wildman–Crippen LogP) is 4.17. The number of ether oxygens (including phenoxy) is 6. The quantitative estimate of drug-likeness (QED) is 0.0192. The first kappa shape index (κ1) is 72.1. The first-order valence-corrected chi connectivity index (χ1v) is 30.8. The molecule has 0 saturated carbocycles. The second kappa shape index (κ2) is 37.4. The number of carbonyl (C=O) groups is 9. The number of aryl methyl sites for hydroxylation is 1. The molecule has 95 heavy (non-hydrogen) atoms. The maximum absolute atomic E-state index is 14.7. The molecule has 4 heterocycles. The van der Waals surface area contributed by atoms with Crippen LogP contribution in [0.5, 0.6) is 5.88 Å². The number of imidazole rings is 1. The number of benzene rings is 3. The van der Waals surface area contributed by atoms with Crippen LogP contribution in [0, 0.1) is 18.7 Å². The van der Waals surface area contributed by atoms with Crippen LogP contribution in [0.1, 0.15) is 68.6 Å². The van der Waals surface area contributed by atoms with Gasteiger partial charge < -0.3 is 76.1 Å². The average molecular weight is 1320 g/mol. The number of urea groups is 1. The van der Waals surface area contributed by atoms with E-state index in [1.54, 1.807) is 56.3 Å². The number of hydrogen-bond donors (Lipinski definition) is 9. The Morgan fingerprint density at radius 1 is 0.695 bits per heavy atom. The van der Waals surface area contributed by atoms with Gasteiger partial charge in [-0.3, -0.25) is 43.4 Å². The van der Waals surface area contributed by atoms with Crippen LogP contribution >= 0.6 is 0 Å². The number of nitrogens with two attached hydrogens (primary N) is 1. The minimum atomic E-state index is -1.36. The summed E-state index contributed by atoms with van der Waals surface area (Å²) in [6, 6.07) is 19.4. The van der Waals surface area contributed by atoms with Gasteiger partial charge in [-0.1, -0.05) is 56.3 Å². The lowest BCUT2D eigenvalue weighted by atomic mass is 10.0. The van der Waals surface area contributed by atoms with E-state index in [0.29, 0.717) is 56.3 Å². The van der Waals surface area contributed by atoms with Crippen LogP contribution in [0.2, 0.25) is 0 Å². The molecule has 0 spiro atoms. The van der Waals surface area contributed by atoms with Crippen LogP contribution in [-0.4, -0.2) is 186 Å². The summed E-state index contributed by atoms with van der Waals surface area (Å²) in [6.45, 7) is 6.75. The van der Waals surface area contributed by atoms with Crippen molar-refractivity contribution in [2.45, 2.75) is 84.0 Å². The van der Waals surface area contributed by atoms with Crippen molar-refractivity contribution in [1.82, 2.24) is 56.4 Å². The van der Waals surface area contributed by atoms with Crippen molar-refractivity contribution in [3.63, 3.8) is 0 Å². The number of halogens is 1. The minimum Gasteiger partial charge on any atom is -0.481 e. The summed E-state index contributed by atoms with van der Waals surface area (Å²) in [5.74, 6) is -5.03. The highest BCUT2D eigenvalue weighted by Crippen LogP contribution is 2.32. The van der Waals surface area contributed by atoms with Gasteiger partial charge in [0.15, 0.2) is 0 Å². The summed E-state index contributed by atoms with van der Waals surface area (Å²) in [5, 5.41) is 25.1. The number of aliphatic carboxylic acids is 1. The topological polar surface area (TPSA) is 398 Å². The minimum absolute atomic E-state index is 0.00823. The molecule has 3 atom stereocenters. The van der Waals surface area contributed by atoms with Gasteiger partial charge in [-0.15, -0.1) is 0 Å². The third kappa shape index (κ3) is 24.0. The Morgan fingerprint density at radius 3 is 2.07 bits per heavy atom. The number of imide groups is 1. The van der Waals surface area contributed by atoms with Crippen LogP contribution in [0.15, 0.2) is 103 Å². The monoisotopic (exact) mass is 1320 g/mol. The fourth-order valence-electron chi connectivity index (χ4n) is 9.41. The van der Waals surface area contributed by atoms with Crippen LogP contribution in [0.3, 0.4) is 0 Å². The molecule has 29 nitrogen and oxygen atoms in total. The molecule has 0 bridgehead atoms. The Hall–Kier alpha value is -10.3. The van der Waals surface area contributed by atoms with Gasteiger partial charge in [-0.2, -0.15) is 0 Å². The number of amides is 9. The number of nitrogens with one attached hydrogen (secondary N) is 7. The van der Waals surface area contributed by atoms with Gasteiger partial charge in [0, 0.05) is 54.9 Å². The molecular formula is C65H78FN13O16. The van der Waals surface area contributed by atoms with E-state index < -0.39 is 72.2 Å². The second-order valence-electron chi connectivity index (χ2n) is 21.9. The summed E-state index contributed by atoms with van der Waals surface area (Å²) in [6.07, 6.45) is 2.57. The first-order valence-electron chi connectivity index (χ1n) is 30.8. The van der Waals surface area contributed by atoms with Crippen LogP contribution in [0.25, 0.3) is 33.7 Å². The number of primary amides is 1. The van der Waals surface area contributed by atoms with Crippen LogP contribution in [-0.2, 0) is 70.3 Å². The Labute approximate surface area is 546 Å². The number of H-pyrrole nitrogens is 1. The first-order chi connectivity index (χ1) is 45.8. The van der Waals surface area contributed by atoms with Gasteiger partial charge in [0.1, 0.15) is 43.0 Å². The molecule has 0 fully saturated rings.